The number of amides is 1. The molecule has 3 atom stereocenters. The minimum absolute atomic E-state index is 0.0650. The summed E-state index contributed by atoms with van der Waals surface area (Å²) in [6.07, 6.45) is 6.25. The van der Waals surface area contributed by atoms with Gasteiger partial charge in [-0.2, -0.15) is 0 Å². The van der Waals surface area contributed by atoms with Gasteiger partial charge in [-0.05, 0) is 31.2 Å². The van der Waals surface area contributed by atoms with Crippen molar-refractivity contribution in [1.82, 2.24) is 10.2 Å². The summed E-state index contributed by atoms with van der Waals surface area (Å²) in [7, 11) is 0. The first-order chi connectivity index (χ1) is 10.2. The summed E-state index contributed by atoms with van der Waals surface area (Å²) in [5.74, 6) is 0.932. The lowest BCUT2D eigenvalue weighted by molar-refractivity contribution is -0.132. The quantitative estimate of drug-likeness (QED) is 0.923. The Bertz CT molecular complexity index is 496. The van der Waals surface area contributed by atoms with Crippen LogP contribution in [-0.4, -0.2) is 23.4 Å². The molecule has 2 fully saturated rings. The zero-order valence-electron chi connectivity index (χ0n) is 13.1. The number of carbonyl (C=O) groups excluding carboxylic acids is 1. The summed E-state index contributed by atoms with van der Waals surface area (Å²) in [6.45, 7) is 4.84. The molecule has 1 N–H and O–H groups in total. The number of nitrogens with zero attached hydrogens (tertiary/aromatic N) is 1. The van der Waals surface area contributed by atoms with Gasteiger partial charge in [-0.1, -0.05) is 56.0 Å². The van der Waals surface area contributed by atoms with Crippen molar-refractivity contribution in [3.8, 4) is 0 Å². The van der Waals surface area contributed by atoms with Crippen molar-refractivity contribution in [2.45, 2.75) is 58.2 Å². The predicted molar refractivity (Wildman–Crippen MR) is 84.8 cm³/mol. The molecular weight excluding hydrogens is 260 g/mol. The molecule has 3 rings (SSSR count). The maximum Gasteiger partial charge on any atom is 0.238 e. The molecule has 3 nitrogen and oxygen atoms in total. The van der Waals surface area contributed by atoms with Crippen LogP contribution in [0.4, 0.5) is 0 Å². The number of rotatable bonds is 3. The molecule has 1 aliphatic carbocycles. The van der Waals surface area contributed by atoms with E-state index in [0.717, 1.165) is 6.42 Å². The van der Waals surface area contributed by atoms with Crippen LogP contribution in [0.2, 0.25) is 0 Å². The van der Waals surface area contributed by atoms with E-state index >= 15 is 0 Å². The van der Waals surface area contributed by atoms with E-state index in [0.29, 0.717) is 18.5 Å². The van der Waals surface area contributed by atoms with Crippen molar-refractivity contribution in [2.24, 2.45) is 5.92 Å². The van der Waals surface area contributed by atoms with E-state index in [4.69, 9.17) is 0 Å². The summed E-state index contributed by atoms with van der Waals surface area (Å²) in [4.78, 5) is 14.6. The SMILES string of the molecule is CCC1CCCCC1N1C(=O)CNC1c1ccc(C)cc1. The topological polar surface area (TPSA) is 32.3 Å². The van der Waals surface area contributed by atoms with E-state index in [1.807, 2.05) is 0 Å². The normalized spacial score (nSPS) is 29.9. The highest BCUT2D eigenvalue weighted by Crippen LogP contribution is 2.36. The standard InChI is InChI=1S/C18H26N2O/c1-3-14-6-4-5-7-16(14)20-17(21)12-19-18(20)15-10-8-13(2)9-11-15/h8-11,14,16,18-19H,3-7,12H2,1-2H3. The zero-order valence-corrected chi connectivity index (χ0v) is 13.1. The fraction of sp³-hybridized carbons (Fsp3) is 0.611. The number of hydrogen-bond acceptors (Lipinski definition) is 2. The molecule has 1 heterocycles. The fourth-order valence-electron chi connectivity index (χ4n) is 3.95. The molecule has 1 aliphatic heterocycles. The fourth-order valence-corrected chi connectivity index (χ4v) is 3.95. The van der Waals surface area contributed by atoms with E-state index in [1.54, 1.807) is 0 Å². The third-order valence-corrected chi connectivity index (χ3v) is 5.16. The Kier molecular flexibility index (Phi) is 4.29. The Hall–Kier alpha value is -1.35. The molecule has 0 spiro atoms. The highest BCUT2D eigenvalue weighted by Gasteiger charge is 2.40. The third-order valence-electron chi connectivity index (χ3n) is 5.16. The van der Waals surface area contributed by atoms with E-state index in [1.165, 1.54) is 36.8 Å². The first kappa shape index (κ1) is 14.6. The first-order valence-electron chi connectivity index (χ1n) is 8.32. The highest BCUT2D eigenvalue weighted by atomic mass is 16.2. The minimum atomic E-state index is 0.0650. The summed E-state index contributed by atoms with van der Waals surface area (Å²) < 4.78 is 0. The molecule has 1 amide bonds. The molecule has 0 aromatic heterocycles. The van der Waals surface area contributed by atoms with Gasteiger partial charge in [0.05, 0.1) is 6.54 Å². The molecule has 3 unspecified atom stereocenters. The highest BCUT2D eigenvalue weighted by molar-refractivity contribution is 5.81. The summed E-state index contributed by atoms with van der Waals surface area (Å²) in [6, 6.07) is 8.99. The first-order valence-corrected chi connectivity index (χ1v) is 8.32. The van der Waals surface area contributed by atoms with Crippen LogP contribution < -0.4 is 5.32 Å². The van der Waals surface area contributed by atoms with Crippen LogP contribution in [0.1, 0.15) is 56.3 Å². The molecule has 2 aliphatic rings. The molecule has 1 aromatic carbocycles. The van der Waals surface area contributed by atoms with Crippen molar-refractivity contribution in [3.05, 3.63) is 35.4 Å². The lowest BCUT2D eigenvalue weighted by atomic mass is 9.81. The number of benzene rings is 1. The van der Waals surface area contributed by atoms with Crippen LogP contribution in [-0.2, 0) is 4.79 Å². The van der Waals surface area contributed by atoms with Gasteiger partial charge in [-0.25, -0.2) is 0 Å². The van der Waals surface area contributed by atoms with Crippen LogP contribution in [0, 0.1) is 12.8 Å². The second-order valence-corrected chi connectivity index (χ2v) is 6.52. The Labute approximate surface area is 127 Å². The van der Waals surface area contributed by atoms with Gasteiger partial charge in [0.2, 0.25) is 5.91 Å². The maximum atomic E-state index is 12.4. The van der Waals surface area contributed by atoms with Crippen LogP contribution in [0.25, 0.3) is 0 Å². The van der Waals surface area contributed by atoms with Crippen molar-refractivity contribution in [2.75, 3.05) is 6.54 Å². The van der Waals surface area contributed by atoms with Gasteiger partial charge in [0.25, 0.3) is 0 Å². The smallest absolute Gasteiger partial charge is 0.238 e. The van der Waals surface area contributed by atoms with Gasteiger partial charge in [0, 0.05) is 6.04 Å². The minimum Gasteiger partial charge on any atom is -0.319 e. The molecular formula is C18H26N2O. The van der Waals surface area contributed by atoms with Crippen LogP contribution >= 0.6 is 0 Å². The summed E-state index contributed by atoms with van der Waals surface area (Å²) >= 11 is 0. The van der Waals surface area contributed by atoms with Crippen molar-refractivity contribution in [3.63, 3.8) is 0 Å². The van der Waals surface area contributed by atoms with E-state index < -0.39 is 0 Å². The number of hydrogen-bond donors (Lipinski definition) is 1. The van der Waals surface area contributed by atoms with E-state index in [2.05, 4.69) is 48.3 Å². The molecule has 1 saturated carbocycles. The van der Waals surface area contributed by atoms with Crippen molar-refractivity contribution >= 4 is 5.91 Å². The van der Waals surface area contributed by atoms with Gasteiger partial charge in [0.1, 0.15) is 6.17 Å². The molecule has 1 saturated heterocycles. The largest absolute Gasteiger partial charge is 0.319 e. The molecule has 3 heteroatoms. The Morgan fingerprint density at radius 3 is 2.62 bits per heavy atom. The average Bonchev–Trinajstić information content (AvgIpc) is 2.89. The van der Waals surface area contributed by atoms with Gasteiger partial charge in [0.15, 0.2) is 0 Å². The Morgan fingerprint density at radius 1 is 1.19 bits per heavy atom. The molecule has 1 aromatic rings. The van der Waals surface area contributed by atoms with Crippen LogP contribution in [0.15, 0.2) is 24.3 Å². The van der Waals surface area contributed by atoms with Crippen molar-refractivity contribution < 1.29 is 4.79 Å². The monoisotopic (exact) mass is 286 g/mol. The number of carbonyl (C=O) groups is 1. The number of aryl methyl sites for hydroxylation is 1. The zero-order chi connectivity index (χ0) is 14.8. The lowest BCUT2D eigenvalue weighted by Gasteiger charge is -2.40. The summed E-state index contributed by atoms with van der Waals surface area (Å²) in [5.41, 5.74) is 2.48. The van der Waals surface area contributed by atoms with E-state index in [-0.39, 0.29) is 12.1 Å². The van der Waals surface area contributed by atoms with Gasteiger partial charge in [-0.3, -0.25) is 10.1 Å². The van der Waals surface area contributed by atoms with Crippen LogP contribution in [0.5, 0.6) is 0 Å². The molecule has 21 heavy (non-hydrogen) atoms. The second-order valence-electron chi connectivity index (χ2n) is 6.52. The molecule has 0 radical (unpaired) electrons. The van der Waals surface area contributed by atoms with E-state index in [9.17, 15) is 4.79 Å². The lowest BCUT2D eigenvalue weighted by Crippen LogP contribution is -2.45. The number of nitrogens with one attached hydrogen (secondary N) is 1. The van der Waals surface area contributed by atoms with Gasteiger partial charge >= 0.3 is 0 Å². The second kappa shape index (κ2) is 6.18. The molecule has 114 valence electrons. The third kappa shape index (κ3) is 2.84. The predicted octanol–water partition coefficient (Wildman–Crippen LogP) is 3.39. The summed E-state index contributed by atoms with van der Waals surface area (Å²) in [5, 5.41) is 3.41. The van der Waals surface area contributed by atoms with Crippen molar-refractivity contribution in [1.29, 1.82) is 0 Å². The Morgan fingerprint density at radius 2 is 1.90 bits per heavy atom. The average molecular weight is 286 g/mol. The Balaban J connectivity index is 1.86. The van der Waals surface area contributed by atoms with Gasteiger partial charge in [-0.15, -0.1) is 0 Å². The molecule has 0 bridgehead atoms. The van der Waals surface area contributed by atoms with Gasteiger partial charge < -0.3 is 4.90 Å². The van der Waals surface area contributed by atoms with Crippen LogP contribution in [0.3, 0.4) is 0 Å². The maximum absolute atomic E-state index is 12.4.